The fraction of sp³-hybridized carbons (Fsp3) is 0.533. The molecule has 0 spiro atoms. The minimum absolute atomic E-state index is 0.0330. The van der Waals surface area contributed by atoms with Crippen LogP contribution < -0.4 is 5.73 Å². The Labute approximate surface area is 120 Å². The number of carbonyl (C=O) groups is 1. The standard InChI is InChI=1S/C15H23ClN2O/c1-4-11(5-2)10-18(6-3)15(19)13-9-12(16)7-8-14(13)17/h7-9,11H,4-6,10,17H2,1-3H3. The normalized spacial score (nSPS) is 10.8. The molecule has 0 saturated heterocycles. The molecule has 1 amide bonds. The molecule has 0 heterocycles. The number of nitrogens with zero attached hydrogens (tertiary/aromatic N) is 1. The molecule has 2 N–H and O–H groups in total. The molecule has 4 heteroatoms. The zero-order valence-corrected chi connectivity index (χ0v) is 12.7. The molecule has 0 saturated carbocycles. The van der Waals surface area contributed by atoms with Crippen LogP contribution in [0, 0.1) is 5.92 Å². The van der Waals surface area contributed by atoms with Gasteiger partial charge in [-0.25, -0.2) is 0 Å². The quantitative estimate of drug-likeness (QED) is 0.806. The molecule has 3 nitrogen and oxygen atoms in total. The van der Waals surface area contributed by atoms with E-state index in [4.69, 9.17) is 17.3 Å². The van der Waals surface area contributed by atoms with Crippen LogP contribution in [-0.4, -0.2) is 23.9 Å². The zero-order valence-electron chi connectivity index (χ0n) is 11.9. The van der Waals surface area contributed by atoms with Crippen LogP contribution in [0.3, 0.4) is 0 Å². The number of carbonyl (C=O) groups excluding carboxylic acids is 1. The SMILES string of the molecule is CCC(CC)CN(CC)C(=O)c1cc(Cl)ccc1N. The Morgan fingerprint density at radius 2 is 1.95 bits per heavy atom. The zero-order chi connectivity index (χ0) is 14.4. The third-order valence-electron chi connectivity index (χ3n) is 3.55. The Hall–Kier alpha value is -1.22. The van der Waals surface area contributed by atoms with Crippen molar-refractivity contribution in [1.82, 2.24) is 4.90 Å². The molecular formula is C15H23ClN2O. The first-order valence-corrected chi connectivity index (χ1v) is 7.25. The summed E-state index contributed by atoms with van der Waals surface area (Å²) < 4.78 is 0. The van der Waals surface area contributed by atoms with E-state index in [1.54, 1.807) is 18.2 Å². The van der Waals surface area contributed by atoms with Gasteiger partial charge in [0, 0.05) is 23.8 Å². The van der Waals surface area contributed by atoms with Crippen molar-refractivity contribution in [2.75, 3.05) is 18.8 Å². The third-order valence-corrected chi connectivity index (χ3v) is 3.78. The maximum absolute atomic E-state index is 12.5. The first kappa shape index (κ1) is 15.8. The molecule has 106 valence electrons. The number of benzene rings is 1. The van der Waals surface area contributed by atoms with Crippen molar-refractivity contribution < 1.29 is 4.79 Å². The van der Waals surface area contributed by atoms with Crippen molar-refractivity contribution in [3.05, 3.63) is 28.8 Å². The highest BCUT2D eigenvalue weighted by Gasteiger charge is 2.19. The molecule has 0 aliphatic carbocycles. The van der Waals surface area contributed by atoms with Crippen LogP contribution >= 0.6 is 11.6 Å². The Balaban J connectivity index is 2.92. The highest BCUT2D eigenvalue weighted by molar-refractivity contribution is 6.31. The number of halogens is 1. The molecule has 1 aromatic carbocycles. The lowest BCUT2D eigenvalue weighted by Gasteiger charge is -2.26. The fourth-order valence-corrected chi connectivity index (χ4v) is 2.27. The molecule has 0 aliphatic rings. The average Bonchev–Trinajstić information content (AvgIpc) is 2.42. The highest BCUT2D eigenvalue weighted by Crippen LogP contribution is 2.21. The van der Waals surface area contributed by atoms with Gasteiger partial charge in [-0.15, -0.1) is 0 Å². The smallest absolute Gasteiger partial charge is 0.255 e. The van der Waals surface area contributed by atoms with E-state index in [9.17, 15) is 4.79 Å². The van der Waals surface area contributed by atoms with Crippen LogP contribution in [0.1, 0.15) is 44.0 Å². The minimum atomic E-state index is -0.0330. The van der Waals surface area contributed by atoms with Crippen LogP contribution in [0.4, 0.5) is 5.69 Å². The molecule has 0 radical (unpaired) electrons. The maximum Gasteiger partial charge on any atom is 0.255 e. The topological polar surface area (TPSA) is 46.3 Å². The molecule has 0 fully saturated rings. The third kappa shape index (κ3) is 4.13. The molecule has 0 aromatic heterocycles. The lowest BCUT2D eigenvalue weighted by molar-refractivity contribution is 0.0736. The van der Waals surface area contributed by atoms with Gasteiger partial charge in [-0.1, -0.05) is 38.3 Å². The predicted octanol–water partition coefficient (Wildman–Crippen LogP) is 3.82. The van der Waals surface area contributed by atoms with E-state index in [-0.39, 0.29) is 5.91 Å². The van der Waals surface area contributed by atoms with Gasteiger partial charge in [-0.05, 0) is 31.0 Å². The fourth-order valence-electron chi connectivity index (χ4n) is 2.10. The van der Waals surface area contributed by atoms with Crippen LogP contribution in [0.5, 0.6) is 0 Å². The molecule has 0 atom stereocenters. The number of rotatable bonds is 6. The highest BCUT2D eigenvalue weighted by atomic mass is 35.5. The monoisotopic (exact) mass is 282 g/mol. The lowest BCUT2D eigenvalue weighted by Crippen LogP contribution is -2.35. The summed E-state index contributed by atoms with van der Waals surface area (Å²) in [5.41, 5.74) is 6.86. The van der Waals surface area contributed by atoms with Gasteiger partial charge in [-0.3, -0.25) is 4.79 Å². The Morgan fingerprint density at radius 1 is 1.32 bits per heavy atom. The summed E-state index contributed by atoms with van der Waals surface area (Å²) in [5, 5.41) is 0.538. The Morgan fingerprint density at radius 3 is 2.47 bits per heavy atom. The maximum atomic E-state index is 12.5. The largest absolute Gasteiger partial charge is 0.398 e. The summed E-state index contributed by atoms with van der Waals surface area (Å²) in [4.78, 5) is 14.4. The summed E-state index contributed by atoms with van der Waals surface area (Å²) in [5.74, 6) is 0.499. The van der Waals surface area contributed by atoms with E-state index >= 15 is 0 Å². The van der Waals surface area contributed by atoms with Crippen LogP contribution in [-0.2, 0) is 0 Å². The molecule has 0 aliphatic heterocycles. The van der Waals surface area contributed by atoms with E-state index in [0.29, 0.717) is 28.7 Å². The Kier molecular flexibility index (Phi) is 6.16. The second-order valence-electron chi connectivity index (χ2n) is 4.76. The van der Waals surface area contributed by atoms with Gasteiger partial charge in [0.2, 0.25) is 0 Å². The van der Waals surface area contributed by atoms with Crippen LogP contribution in [0.2, 0.25) is 5.02 Å². The summed E-state index contributed by atoms with van der Waals surface area (Å²) in [7, 11) is 0. The van der Waals surface area contributed by atoms with Crippen LogP contribution in [0.15, 0.2) is 18.2 Å². The van der Waals surface area contributed by atoms with Gasteiger partial charge >= 0.3 is 0 Å². The number of nitrogens with two attached hydrogens (primary N) is 1. The Bertz CT molecular complexity index is 430. The summed E-state index contributed by atoms with van der Waals surface area (Å²) in [6.07, 6.45) is 2.15. The first-order chi connectivity index (χ1) is 9.03. The molecular weight excluding hydrogens is 260 g/mol. The molecule has 0 unspecified atom stereocenters. The van der Waals surface area contributed by atoms with Gasteiger partial charge in [-0.2, -0.15) is 0 Å². The van der Waals surface area contributed by atoms with Gasteiger partial charge in [0.1, 0.15) is 0 Å². The van der Waals surface area contributed by atoms with Crippen molar-refractivity contribution in [3.8, 4) is 0 Å². The van der Waals surface area contributed by atoms with Crippen molar-refractivity contribution in [2.24, 2.45) is 5.92 Å². The van der Waals surface area contributed by atoms with E-state index in [2.05, 4.69) is 13.8 Å². The van der Waals surface area contributed by atoms with E-state index in [1.165, 1.54) is 0 Å². The molecule has 19 heavy (non-hydrogen) atoms. The van der Waals surface area contributed by atoms with Gasteiger partial charge < -0.3 is 10.6 Å². The van der Waals surface area contributed by atoms with E-state index in [1.807, 2.05) is 11.8 Å². The predicted molar refractivity (Wildman–Crippen MR) is 81.5 cm³/mol. The van der Waals surface area contributed by atoms with Crippen molar-refractivity contribution >= 4 is 23.2 Å². The first-order valence-electron chi connectivity index (χ1n) is 6.87. The minimum Gasteiger partial charge on any atom is -0.398 e. The number of nitrogen functional groups attached to an aromatic ring is 1. The van der Waals surface area contributed by atoms with Crippen molar-refractivity contribution in [2.45, 2.75) is 33.6 Å². The summed E-state index contributed by atoms with van der Waals surface area (Å²) in [6.45, 7) is 7.75. The number of anilines is 1. The van der Waals surface area contributed by atoms with Gasteiger partial charge in [0.05, 0.1) is 5.56 Å². The van der Waals surface area contributed by atoms with Crippen molar-refractivity contribution in [3.63, 3.8) is 0 Å². The number of amides is 1. The van der Waals surface area contributed by atoms with E-state index in [0.717, 1.165) is 19.4 Å². The molecule has 1 aromatic rings. The second kappa shape index (κ2) is 7.39. The number of hydrogen-bond donors (Lipinski definition) is 1. The average molecular weight is 283 g/mol. The molecule has 1 rings (SSSR count). The summed E-state index contributed by atoms with van der Waals surface area (Å²) >= 11 is 5.94. The van der Waals surface area contributed by atoms with E-state index < -0.39 is 0 Å². The lowest BCUT2D eigenvalue weighted by atomic mass is 10.0. The second-order valence-corrected chi connectivity index (χ2v) is 5.19. The van der Waals surface area contributed by atoms with Gasteiger partial charge in [0.25, 0.3) is 5.91 Å². The van der Waals surface area contributed by atoms with Crippen molar-refractivity contribution in [1.29, 1.82) is 0 Å². The molecule has 0 bridgehead atoms. The summed E-state index contributed by atoms with van der Waals surface area (Å²) in [6, 6.07) is 5.03. The van der Waals surface area contributed by atoms with Gasteiger partial charge in [0.15, 0.2) is 0 Å². The van der Waals surface area contributed by atoms with Crippen LogP contribution in [0.25, 0.3) is 0 Å². The number of hydrogen-bond acceptors (Lipinski definition) is 2.